The van der Waals surface area contributed by atoms with Gasteiger partial charge < -0.3 is 4.57 Å². The van der Waals surface area contributed by atoms with Gasteiger partial charge in [0.1, 0.15) is 16.0 Å². The molecule has 4 rings (SSSR count). The second-order valence-electron chi connectivity index (χ2n) is 5.36. The van der Waals surface area contributed by atoms with E-state index in [1.807, 2.05) is 23.7 Å². The van der Waals surface area contributed by atoms with E-state index >= 15 is 0 Å². The van der Waals surface area contributed by atoms with Crippen molar-refractivity contribution in [3.63, 3.8) is 0 Å². The van der Waals surface area contributed by atoms with E-state index in [-0.39, 0.29) is 0 Å². The fourth-order valence-electron chi connectivity index (χ4n) is 2.24. The predicted molar refractivity (Wildman–Crippen MR) is 87.4 cm³/mol. The average Bonchev–Trinajstić information content (AvgIpc) is 3.34. The number of nitrogens with zero attached hydrogens (tertiary/aromatic N) is 6. The largest absolute Gasteiger partial charge is 0.305 e. The smallest absolute Gasteiger partial charge is 0.197 e. The molecule has 0 aliphatic heterocycles. The lowest BCUT2D eigenvalue weighted by molar-refractivity contribution is 0.789. The monoisotopic (exact) mass is 344 g/mol. The molecule has 0 atom stereocenters. The van der Waals surface area contributed by atoms with Gasteiger partial charge >= 0.3 is 0 Å². The SMILES string of the molecule is Cn1c(Sc2cc(Cl)nc(C3CC3)n2)nnc1-c1ccncc1. The number of pyridine rings is 1. The number of rotatable bonds is 4. The van der Waals surface area contributed by atoms with Crippen molar-refractivity contribution in [2.24, 2.45) is 7.05 Å². The van der Waals surface area contributed by atoms with Crippen molar-refractivity contribution in [1.82, 2.24) is 29.7 Å². The maximum Gasteiger partial charge on any atom is 0.197 e. The highest BCUT2D eigenvalue weighted by Crippen LogP contribution is 2.39. The molecular weight excluding hydrogens is 332 g/mol. The molecule has 1 aliphatic rings. The van der Waals surface area contributed by atoms with Gasteiger partial charge in [0.2, 0.25) is 0 Å². The predicted octanol–water partition coefficient (Wildman–Crippen LogP) is 3.35. The number of aromatic nitrogens is 6. The quantitative estimate of drug-likeness (QED) is 0.676. The summed E-state index contributed by atoms with van der Waals surface area (Å²) in [5.41, 5.74) is 0.973. The van der Waals surface area contributed by atoms with Gasteiger partial charge in [-0.05, 0) is 36.7 Å². The second-order valence-corrected chi connectivity index (χ2v) is 6.74. The highest BCUT2D eigenvalue weighted by atomic mass is 35.5. The topological polar surface area (TPSA) is 69.4 Å². The van der Waals surface area contributed by atoms with Gasteiger partial charge in [-0.1, -0.05) is 11.6 Å². The van der Waals surface area contributed by atoms with Gasteiger partial charge in [0.25, 0.3) is 0 Å². The maximum atomic E-state index is 6.11. The molecule has 23 heavy (non-hydrogen) atoms. The van der Waals surface area contributed by atoms with Crippen molar-refractivity contribution in [2.45, 2.75) is 28.9 Å². The van der Waals surface area contributed by atoms with Crippen LogP contribution in [-0.2, 0) is 7.05 Å². The van der Waals surface area contributed by atoms with Crippen LogP contribution in [0.25, 0.3) is 11.4 Å². The second kappa shape index (κ2) is 5.90. The third-order valence-corrected chi connectivity index (χ3v) is 4.75. The molecule has 1 saturated carbocycles. The lowest BCUT2D eigenvalue weighted by Crippen LogP contribution is -1.97. The molecule has 1 aliphatic carbocycles. The molecule has 0 unspecified atom stereocenters. The molecule has 0 bridgehead atoms. The molecule has 8 heteroatoms. The molecule has 3 aromatic rings. The first-order valence-electron chi connectivity index (χ1n) is 7.23. The minimum atomic E-state index is 0.458. The molecule has 6 nitrogen and oxygen atoms in total. The van der Waals surface area contributed by atoms with E-state index in [0.29, 0.717) is 11.1 Å². The van der Waals surface area contributed by atoms with Gasteiger partial charge in [-0.25, -0.2) is 9.97 Å². The zero-order chi connectivity index (χ0) is 15.8. The van der Waals surface area contributed by atoms with E-state index in [9.17, 15) is 0 Å². The van der Waals surface area contributed by atoms with Crippen LogP contribution in [0.5, 0.6) is 0 Å². The molecule has 0 N–H and O–H groups in total. The zero-order valence-electron chi connectivity index (χ0n) is 12.3. The summed E-state index contributed by atoms with van der Waals surface area (Å²) in [6, 6.07) is 5.58. The molecule has 0 amide bonds. The minimum absolute atomic E-state index is 0.458. The van der Waals surface area contributed by atoms with Crippen LogP contribution in [0.15, 0.2) is 40.8 Å². The molecule has 3 aromatic heterocycles. The molecule has 116 valence electrons. The fraction of sp³-hybridized carbons (Fsp3) is 0.267. The Kier molecular flexibility index (Phi) is 3.74. The summed E-state index contributed by atoms with van der Waals surface area (Å²) in [4.78, 5) is 12.9. The summed E-state index contributed by atoms with van der Waals surface area (Å²) < 4.78 is 1.94. The molecule has 0 radical (unpaired) electrons. The zero-order valence-corrected chi connectivity index (χ0v) is 13.9. The third kappa shape index (κ3) is 3.07. The number of hydrogen-bond donors (Lipinski definition) is 0. The van der Waals surface area contributed by atoms with Crippen LogP contribution in [0.4, 0.5) is 0 Å². The van der Waals surface area contributed by atoms with Crippen molar-refractivity contribution in [3.05, 3.63) is 41.6 Å². The van der Waals surface area contributed by atoms with Gasteiger partial charge in [0, 0.05) is 37.0 Å². The van der Waals surface area contributed by atoms with Gasteiger partial charge in [-0.2, -0.15) is 0 Å². The van der Waals surface area contributed by atoms with Crippen molar-refractivity contribution in [1.29, 1.82) is 0 Å². The summed E-state index contributed by atoms with van der Waals surface area (Å²) in [5, 5.41) is 10.5. The Labute approximate surface area is 142 Å². The van der Waals surface area contributed by atoms with Crippen molar-refractivity contribution < 1.29 is 0 Å². The van der Waals surface area contributed by atoms with Gasteiger partial charge in [0.05, 0.1) is 0 Å². The average molecular weight is 345 g/mol. The van der Waals surface area contributed by atoms with E-state index in [0.717, 1.165) is 40.2 Å². The minimum Gasteiger partial charge on any atom is -0.305 e. The summed E-state index contributed by atoms with van der Waals surface area (Å²) in [7, 11) is 1.93. The van der Waals surface area contributed by atoms with Gasteiger partial charge in [-0.15, -0.1) is 10.2 Å². The lowest BCUT2D eigenvalue weighted by Gasteiger charge is -2.05. The Morgan fingerprint density at radius 1 is 1.17 bits per heavy atom. The van der Waals surface area contributed by atoms with Gasteiger partial charge in [-0.3, -0.25) is 4.98 Å². The van der Waals surface area contributed by atoms with E-state index in [1.54, 1.807) is 18.5 Å². The van der Waals surface area contributed by atoms with Crippen molar-refractivity contribution in [3.8, 4) is 11.4 Å². The number of hydrogen-bond acceptors (Lipinski definition) is 6. The molecular formula is C15H13ClN6S. The van der Waals surface area contributed by atoms with Crippen LogP contribution in [0.1, 0.15) is 24.6 Å². The summed E-state index contributed by atoms with van der Waals surface area (Å²) >= 11 is 7.56. The van der Waals surface area contributed by atoms with Crippen LogP contribution in [0.2, 0.25) is 5.15 Å². The molecule has 0 aromatic carbocycles. The normalized spacial score (nSPS) is 14.2. The molecule has 1 fully saturated rings. The summed E-state index contributed by atoms with van der Waals surface area (Å²) in [6.07, 6.45) is 5.76. The Hall–Kier alpha value is -1.99. The van der Waals surface area contributed by atoms with E-state index in [1.165, 1.54) is 11.8 Å². The first kappa shape index (κ1) is 14.6. The Bertz CT molecular complexity index is 846. The number of halogens is 1. The van der Waals surface area contributed by atoms with Crippen LogP contribution in [-0.4, -0.2) is 29.7 Å². The highest BCUT2D eigenvalue weighted by molar-refractivity contribution is 7.99. The maximum absolute atomic E-state index is 6.11. The lowest BCUT2D eigenvalue weighted by atomic mass is 10.2. The van der Waals surface area contributed by atoms with Crippen molar-refractivity contribution in [2.75, 3.05) is 0 Å². The van der Waals surface area contributed by atoms with Crippen LogP contribution >= 0.6 is 23.4 Å². The Morgan fingerprint density at radius 3 is 2.70 bits per heavy atom. The Morgan fingerprint density at radius 2 is 1.96 bits per heavy atom. The van der Waals surface area contributed by atoms with Gasteiger partial charge in [0.15, 0.2) is 11.0 Å². The van der Waals surface area contributed by atoms with E-state index in [4.69, 9.17) is 11.6 Å². The van der Waals surface area contributed by atoms with Crippen LogP contribution in [0, 0.1) is 0 Å². The highest BCUT2D eigenvalue weighted by Gasteiger charge is 2.27. The summed E-state index contributed by atoms with van der Waals surface area (Å²) in [5.74, 6) is 2.08. The molecule has 3 heterocycles. The molecule has 0 saturated heterocycles. The van der Waals surface area contributed by atoms with Crippen molar-refractivity contribution >= 4 is 23.4 Å². The van der Waals surface area contributed by atoms with E-state index in [2.05, 4.69) is 25.1 Å². The first-order valence-corrected chi connectivity index (χ1v) is 8.42. The fourth-order valence-corrected chi connectivity index (χ4v) is 3.30. The molecule has 0 spiro atoms. The standard InChI is InChI=1S/C15H13ClN6S/c1-22-14(10-4-6-17-7-5-10)20-21-15(22)23-12-8-11(16)18-13(19-12)9-2-3-9/h4-9H,2-3H2,1H3. The van der Waals surface area contributed by atoms with E-state index < -0.39 is 0 Å². The summed E-state index contributed by atoms with van der Waals surface area (Å²) in [6.45, 7) is 0. The van der Waals surface area contributed by atoms with Crippen LogP contribution in [0.3, 0.4) is 0 Å². The first-order chi connectivity index (χ1) is 11.2. The van der Waals surface area contributed by atoms with Crippen LogP contribution < -0.4 is 0 Å². The third-order valence-electron chi connectivity index (χ3n) is 3.60. The Balaban J connectivity index is 1.64.